The van der Waals surface area contributed by atoms with Crippen LogP contribution < -0.4 is 11.3 Å². The molecule has 98 valence electrons. The van der Waals surface area contributed by atoms with Gasteiger partial charge in [0.2, 0.25) is 0 Å². The van der Waals surface area contributed by atoms with Crippen LogP contribution in [-0.2, 0) is 13.5 Å². The predicted molar refractivity (Wildman–Crippen MR) is 78.5 cm³/mol. The summed E-state index contributed by atoms with van der Waals surface area (Å²) in [6, 6.07) is 2.16. The third-order valence-corrected chi connectivity index (χ3v) is 5.21. The minimum atomic E-state index is 0.112. The maximum Gasteiger partial charge on any atom is 0.0629 e. The maximum atomic E-state index is 5.70. The Balaban J connectivity index is 2.29. The molecule has 0 aliphatic rings. The molecule has 2 heterocycles. The van der Waals surface area contributed by atoms with Gasteiger partial charge in [-0.25, -0.2) is 0 Å². The fourth-order valence-electron chi connectivity index (χ4n) is 2.10. The van der Waals surface area contributed by atoms with Crippen LogP contribution in [0, 0.1) is 13.8 Å². The van der Waals surface area contributed by atoms with Crippen molar-refractivity contribution in [1.82, 2.24) is 15.2 Å². The third kappa shape index (κ3) is 2.51. The fraction of sp³-hybridized carbons (Fsp3) is 0.417. The maximum absolute atomic E-state index is 5.70. The molecule has 18 heavy (non-hydrogen) atoms. The van der Waals surface area contributed by atoms with Gasteiger partial charge < -0.3 is 0 Å². The Labute approximate surface area is 119 Å². The van der Waals surface area contributed by atoms with Crippen molar-refractivity contribution < 1.29 is 0 Å². The molecule has 2 rings (SSSR count). The molecule has 0 aliphatic carbocycles. The van der Waals surface area contributed by atoms with Crippen molar-refractivity contribution >= 4 is 27.3 Å². The van der Waals surface area contributed by atoms with Crippen LogP contribution >= 0.6 is 27.3 Å². The highest BCUT2D eigenvalue weighted by Crippen LogP contribution is 2.31. The van der Waals surface area contributed by atoms with Gasteiger partial charge >= 0.3 is 0 Å². The SMILES string of the molecule is Cc1nn(C)c(C)c1CC(NN)c1sccc1Br. The van der Waals surface area contributed by atoms with E-state index in [2.05, 4.69) is 38.8 Å². The van der Waals surface area contributed by atoms with E-state index >= 15 is 0 Å². The van der Waals surface area contributed by atoms with Crippen molar-refractivity contribution in [3.8, 4) is 0 Å². The van der Waals surface area contributed by atoms with Crippen LogP contribution in [0.3, 0.4) is 0 Å². The van der Waals surface area contributed by atoms with E-state index in [9.17, 15) is 0 Å². The molecule has 0 radical (unpaired) electrons. The molecule has 6 heteroatoms. The number of nitrogens with one attached hydrogen (secondary N) is 1. The second-order valence-electron chi connectivity index (χ2n) is 4.33. The highest BCUT2D eigenvalue weighted by molar-refractivity contribution is 9.10. The molecule has 2 aromatic heterocycles. The van der Waals surface area contributed by atoms with Gasteiger partial charge in [0.1, 0.15) is 0 Å². The highest BCUT2D eigenvalue weighted by Gasteiger charge is 2.19. The topological polar surface area (TPSA) is 55.9 Å². The number of hydrogen-bond donors (Lipinski definition) is 2. The van der Waals surface area contributed by atoms with Crippen LogP contribution in [0.2, 0.25) is 0 Å². The summed E-state index contributed by atoms with van der Waals surface area (Å²) in [7, 11) is 1.97. The third-order valence-electron chi connectivity index (χ3n) is 3.23. The number of aryl methyl sites for hydroxylation is 2. The Morgan fingerprint density at radius 2 is 2.28 bits per heavy atom. The monoisotopic (exact) mass is 328 g/mol. The average Bonchev–Trinajstić information content (AvgIpc) is 2.84. The summed E-state index contributed by atoms with van der Waals surface area (Å²) in [6.07, 6.45) is 0.848. The zero-order valence-corrected chi connectivity index (χ0v) is 13.1. The number of nitrogens with two attached hydrogens (primary N) is 1. The molecule has 0 aromatic carbocycles. The van der Waals surface area contributed by atoms with E-state index in [0.717, 1.165) is 16.6 Å². The van der Waals surface area contributed by atoms with E-state index in [1.54, 1.807) is 11.3 Å². The van der Waals surface area contributed by atoms with E-state index in [0.29, 0.717) is 0 Å². The largest absolute Gasteiger partial charge is 0.272 e. The summed E-state index contributed by atoms with van der Waals surface area (Å²) in [6.45, 7) is 4.13. The Morgan fingerprint density at radius 1 is 1.56 bits per heavy atom. The van der Waals surface area contributed by atoms with E-state index < -0.39 is 0 Å². The Morgan fingerprint density at radius 3 is 2.72 bits per heavy atom. The lowest BCUT2D eigenvalue weighted by molar-refractivity contribution is 0.556. The summed E-state index contributed by atoms with van der Waals surface area (Å²) in [5.74, 6) is 5.70. The summed E-state index contributed by atoms with van der Waals surface area (Å²) in [5, 5.41) is 6.50. The lowest BCUT2D eigenvalue weighted by Gasteiger charge is -2.15. The zero-order chi connectivity index (χ0) is 13.3. The van der Waals surface area contributed by atoms with Gasteiger partial charge in [0, 0.05) is 22.1 Å². The average molecular weight is 329 g/mol. The van der Waals surface area contributed by atoms with Gasteiger partial charge in [-0.3, -0.25) is 16.0 Å². The van der Waals surface area contributed by atoms with Gasteiger partial charge in [-0.1, -0.05) is 0 Å². The first kappa shape index (κ1) is 13.7. The van der Waals surface area contributed by atoms with Crippen molar-refractivity contribution in [1.29, 1.82) is 0 Å². The van der Waals surface area contributed by atoms with Gasteiger partial charge in [-0.05, 0) is 53.2 Å². The molecule has 0 saturated carbocycles. The van der Waals surface area contributed by atoms with E-state index in [-0.39, 0.29) is 6.04 Å². The molecule has 0 bridgehead atoms. The lowest BCUT2D eigenvalue weighted by atomic mass is 10.0. The Kier molecular flexibility index (Phi) is 4.21. The number of hydrogen-bond acceptors (Lipinski definition) is 4. The van der Waals surface area contributed by atoms with Gasteiger partial charge in [-0.15, -0.1) is 11.3 Å². The highest BCUT2D eigenvalue weighted by atomic mass is 79.9. The molecule has 3 N–H and O–H groups in total. The minimum absolute atomic E-state index is 0.112. The molecular formula is C12H17BrN4S. The quantitative estimate of drug-likeness (QED) is 0.670. The fourth-order valence-corrected chi connectivity index (χ4v) is 3.81. The van der Waals surface area contributed by atoms with Crippen molar-refractivity contribution in [2.24, 2.45) is 12.9 Å². The predicted octanol–water partition coefficient (Wildman–Crippen LogP) is 2.61. The van der Waals surface area contributed by atoms with Crippen LogP contribution in [0.1, 0.15) is 27.9 Å². The summed E-state index contributed by atoms with van der Waals surface area (Å²) >= 11 is 5.26. The molecule has 1 atom stereocenters. The smallest absolute Gasteiger partial charge is 0.0629 e. The molecule has 1 unspecified atom stereocenters. The van der Waals surface area contributed by atoms with Crippen LogP contribution in [0.5, 0.6) is 0 Å². The van der Waals surface area contributed by atoms with Crippen LogP contribution in [-0.4, -0.2) is 9.78 Å². The first-order chi connectivity index (χ1) is 8.54. The molecule has 2 aromatic rings. The lowest BCUT2D eigenvalue weighted by Crippen LogP contribution is -2.29. The number of halogens is 1. The van der Waals surface area contributed by atoms with Crippen LogP contribution in [0.15, 0.2) is 15.9 Å². The first-order valence-corrected chi connectivity index (χ1v) is 7.40. The van der Waals surface area contributed by atoms with Gasteiger partial charge in [0.15, 0.2) is 0 Å². The van der Waals surface area contributed by atoms with Crippen LogP contribution in [0.25, 0.3) is 0 Å². The van der Waals surface area contributed by atoms with Crippen molar-refractivity contribution in [2.75, 3.05) is 0 Å². The Bertz CT molecular complexity index is 546. The number of thiophene rings is 1. The normalized spacial score (nSPS) is 12.9. The number of aromatic nitrogens is 2. The van der Waals surface area contributed by atoms with Gasteiger partial charge in [-0.2, -0.15) is 5.10 Å². The second kappa shape index (κ2) is 5.52. The summed E-state index contributed by atoms with van der Waals surface area (Å²) in [4.78, 5) is 1.22. The van der Waals surface area contributed by atoms with Crippen molar-refractivity contribution in [2.45, 2.75) is 26.3 Å². The first-order valence-electron chi connectivity index (χ1n) is 5.72. The van der Waals surface area contributed by atoms with Crippen LogP contribution in [0.4, 0.5) is 0 Å². The standard InChI is InChI=1S/C12H17BrN4S/c1-7-9(8(2)17(3)16-7)6-11(15-14)12-10(13)4-5-18-12/h4-5,11,15H,6,14H2,1-3H3. The molecule has 0 fully saturated rings. The van der Waals surface area contributed by atoms with Crippen molar-refractivity contribution in [3.05, 3.63) is 37.7 Å². The zero-order valence-electron chi connectivity index (χ0n) is 10.7. The van der Waals surface area contributed by atoms with Gasteiger partial charge in [0.25, 0.3) is 0 Å². The molecule has 4 nitrogen and oxygen atoms in total. The number of rotatable bonds is 4. The molecule has 0 saturated heterocycles. The molecule has 0 amide bonds. The number of nitrogens with zero attached hydrogens (tertiary/aromatic N) is 2. The van der Waals surface area contributed by atoms with E-state index in [1.807, 2.05) is 24.7 Å². The summed E-state index contributed by atoms with van der Waals surface area (Å²) < 4.78 is 3.02. The summed E-state index contributed by atoms with van der Waals surface area (Å²) in [5.41, 5.74) is 6.43. The van der Waals surface area contributed by atoms with Gasteiger partial charge in [0.05, 0.1) is 11.7 Å². The van der Waals surface area contributed by atoms with Crippen molar-refractivity contribution in [3.63, 3.8) is 0 Å². The number of hydrazine groups is 1. The second-order valence-corrected chi connectivity index (χ2v) is 6.13. The Hall–Kier alpha value is -0.690. The van der Waals surface area contributed by atoms with E-state index in [1.165, 1.54) is 16.1 Å². The van der Waals surface area contributed by atoms with E-state index in [4.69, 9.17) is 5.84 Å². The molecular weight excluding hydrogens is 312 g/mol. The molecule has 0 aliphatic heterocycles. The molecule has 0 spiro atoms. The minimum Gasteiger partial charge on any atom is -0.272 e.